The van der Waals surface area contributed by atoms with E-state index in [1.165, 1.54) is 0 Å². The second-order valence-corrected chi connectivity index (χ2v) is 4.86. The van der Waals surface area contributed by atoms with Crippen molar-refractivity contribution in [3.05, 3.63) is 23.6 Å². The first-order chi connectivity index (χ1) is 9.31. The summed E-state index contributed by atoms with van der Waals surface area (Å²) in [7, 11) is 0. The van der Waals surface area contributed by atoms with Crippen LogP contribution in [0.2, 0.25) is 0 Å². The molecule has 0 aliphatic rings. The second kappa shape index (κ2) is 6.83. The molecule has 3 N–H and O–H groups in total. The van der Waals surface area contributed by atoms with E-state index >= 15 is 0 Å². The Morgan fingerprint density at radius 3 is 2.60 bits per heavy atom. The number of carboxylic acids is 1. The molecule has 1 rings (SSSR count). The van der Waals surface area contributed by atoms with Crippen molar-refractivity contribution in [1.82, 2.24) is 10.3 Å². The van der Waals surface area contributed by atoms with Crippen molar-refractivity contribution in [2.24, 2.45) is 5.92 Å². The van der Waals surface area contributed by atoms with Gasteiger partial charge in [0.25, 0.3) is 0 Å². The van der Waals surface area contributed by atoms with Crippen LogP contribution in [-0.2, 0) is 4.79 Å². The van der Waals surface area contributed by atoms with Gasteiger partial charge in [-0.15, -0.1) is 0 Å². The lowest BCUT2D eigenvalue weighted by molar-refractivity contribution is -0.121. The summed E-state index contributed by atoms with van der Waals surface area (Å²) in [5.41, 5.74) is -0.312. The van der Waals surface area contributed by atoms with Crippen molar-refractivity contribution in [2.45, 2.75) is 26.8 Å². The normalized spacial score (nSPS) is 12.1. The molecular formula is C13H18FN3O3. The third-order valence-electron chi connectivity index (χ3n) is 2.52. The number of carbonyl (C=O) groups excluding carboxylic acids is 1. The Morgan fingerprint density at radius 1 is 1.40 bits per heavy atom. The number of hydrogen-bond donors (Lipinski definition) is 3. The molecule has 1 amide bonds. The van der Waals surface area contributed by atoms with E-state index in [1.54, 1.807) is 6.92 Å². The van der Waals surface area contributed by atoms with Gasteiger partial charge in [-0.3, -0.25) is 4.79 Å². The predicted molar refractivity (Wildman–Crippen MR) is 72.1 cm³/mol. The topological polar surface area (TPSA) is 91.3 Å². The van der Waals surface area contributed by atoms with Crippen LogP contribution < -0.4 is 10.6 Å². The van der Waals surface area contributed by atoms with Gasteiger partial charge < -0.3 is 15.7 Å². The molecule has 110 valence electrons. The summed E-state index contributed by atoms with van der Waals surface area (Å²) in [4.78, 5) is 26.4. The number of hydrogen-bond acceptors (Lipinski definition) is 4. The summed E-state index contributed by atoms with van der Waals surface area (Å²) in [6.45, 7) is 6.02. The molecule has 20 heavy (non-hydrogen) atoms. The van der Waals surface area contributed by atoms with Gasteiger partial charge in [-0.1, -0.05) is 13.8 Å². The molecular weight excluding hydrogens is 265 g/mol. The summed E-state index contributed by atoms with van der Waals surface area (Å²) >= 11 is 0. The van der Waals surface area contributed by atoms with E-state index in [9.17, 15) is 14.0 Å². The summed E-state index contributed by atoms with van der Waals surface area (Å²) in [6.07, 6.45) is 0.896. The van der Waals surface area contributed by atoms with Crippen LogP contribution in [0.15, 0.2) is 12.3 Å². The van der Waals surface area contributed by atoms with Crippen molar-refractivity contribution in [2.75, 3.05) is 11.9 Å². The van der Waals surface area contributed by atoms with Crippen molar-refractivity contribution < 1.29 is 19.1 Å². The van der Waals surface area contributed by atoms with E-state index in [0.29, 0.717) is 12.5 Å². The monoisotopic (exact) mass is 283 g/mol. The lowest BCUT2D eigenvalue weighted by Gasteiger charge is -2.16. The standard InChI is InChI=1S/C13H18FN3O3/c1-7(2)5-16-12(18)8(3)17-11-10(13(19)20)4-9(14)6-15-11/h4,6-8H,5H2,1-3H3,(H,15,17)(H,16,18)(H,19,20). The first kappa shape index (κ1) is 15.9. The van der Waals surface area contributed by atoms with Gasteiger partial charge in [0, 0.05) is 6.54 Å². The minimum atomic E-state index is -1.31. The quantitative estimate of drug-likeness (QED) is 0.735. The third kappa shape index (κ3) is 4.49. The Bertz CT molecular complexity index is 506. The van der Waals surface area contributed by atoms with Gasteiger partial charge in [0.1, 0.15) is 23.2 Å². The molecule has 1 aromatic heterocycles. The molecule has 1 aromatic rings. The van der Waals surface area contributed by atoms with Crippen molar-refractivity contribution in [1.29, 1.82) is 0 Å². The maximum Gasteiger partial charge on any atom is 0.339 e. The zero-order chi connectivity index (χ0) is 15.3. The molecule has 0 aliphatic carbocycles. The Labute approximate surface area is 116 Å². The number of pyridine rings is 1. The van der Waals surface area contributed by atoms with Gasteiger partial charge in [0.05, 0.1) is 6.20 Å². The van der Waals surface area contributed by atoms with Gasteiger partial charge in [-0.05, 0) is 18.9 Å². The van der Waals surface area contributed by atoms with E-state index in [1.807, 2.05) is 13.8 Å². The molecule has 0 aromatic carbocycles. The number of anilines is 1. The summed E-state index contributed by atoms with van der Waals surface area (Å²) in [6, 6.07) is 0.181. The second-order valence-electron chi connectivity index (χ2n) is 4.86. The Balaban J connectivity index is 2.77. The van der Waals surface area contributed by atoms with Gasteiger partial charge >= 0.3 is 5.97 Å². The summed E-state index contributed by atoms with van der Waals surface area (Å²) in [5.74, 6) is -2.06. The molecule has 0 saturated carbocycles. The highest BCUT2D eigenvalue weighted by Gasteiger charge is 2.18. The maximum atomic E-state index is 13.0. The van der Waals surface area contributed by atoms with Gasteiger partial charge in [0.15, 0.2) is 0 Å². The van der Waals surface area contributed by atoms with Crippen LogP contribution in [0.25, 0.3) is 0 Å². The molecule has 0 spiro atoms. The number of nitrogens with one attached hydrogen (secondary N) is 2. The first-order valence-electron chi connectivity index (χ1n) is 6.24. The van der Waals surface area contributed by atoms with Crippen LogP contribution in [0.1, 0.15) is 31.1 Å². The fourth-order valence-electron chi connectivity index (χ4n) is 1.45. The van der Waals surface area contributed by atoms with E-state index in [4.69, 9.17) is 5.11 Å². The fourth-order valence-corrected chi connectivity index (χ4v) is 1.45. The molecule has 0 saturated heterocycles. The number of halogens is 1. The summed E-state index contributed by atoms with van der Waals surface area (Å²) < 4.78 is 13.0. The Kier molecular flexibility index (Phi) is 5.42. The van der Waals surface area contributed by atoms with Gasteiger partial charge in [-0.2, -0.15) is 0 Å². The minimum Gasteiger partial charge on any atom is -0.478 e. The number of carboxylic acid groups (broad SMARTS) is 1. The van der Waals surface area contributed by atoms with E-state index in [2.05, 4.69) is 15.6 Å². The van der Waals surface area contributed by atoms with Crippen molar-refractivity contribution in [3.63, 3.8) is 0 Å². The van der Waals surface area contributed by atoms with E-state index in [0.717, 1.165) is 12.3 Å². The van der Waals surface area contributed by atoms with Crippen LogP contribution in [0, 0.1) is 11.7 Å². The molecule has 1 heterocycles. The predicted octanol–water partition coefficient (Wildman–Crippen LogP) is 1.49. The number of amides is 1. The van der Waals surface area contributed by atoms with E-state index < -0.39 is 17.8 Å². The maximum absolute atomic E-state index is 13.0. The van der Waals surface area contributed by atoms with Crippen LogP contribution in [0.3, 0.4) is 0 Å². The third-order valence-corrected chi connectivity index (χ3v) is 2.52. The van der Waals surface area contributed by atoms with Crippen LogP contribution in [0.4, 0.5) is 10.2 Å². The van der Waals surface area contributed by atoms with Crippen molar-refractivity contribution in [3.8, 4) is 0 Å². The largest absolute Gasteiger partial charge is 0.478 e. The average molecular weight is 283 g/mol. The first-order valence-corrected chi connectivity index (χ1v) is 6.24. The van der Waals surface area contributed by atoms with E-state index in [-0.39, 0.29) is 17.3 Å². The smallest absolute Gasteiger partial charge is 0.339 e. The number of carbonyl (C=O) groups is 2. The number of aromatic carboxylic acids is 1. The lowest BCUT2D eigenvalue weighted by Crippen LogP contribution is -2.39. The average Bonchev–Trinajstić information content (AvgIpc) is 2.37. The number of rotatable bonds is 6. The zero-order valence-corrected chi connectivity index (χ0v) is 11.6. The lowest BCUT2D eigenvalue weighted by atomic mass is 10.2. The number of aromatic nitrogens is 1. The minimum absolute atomic E-state index is 0.0360. The molecule has 6 nitrogen and oxygen atoms in total. The van der Waals surface area contributed by atoms with Crippen LogP contribution in [-0.4, -0.2) is 34.6 Å². The molecule has 0 aliphatic heterocycles. The molecule has 0 bridgehead atoms. The SMILES string of the molecule is CC(C)CNC(=O)C(C)Nc1ncc(F)cc1C(=O)O. The van der Waals surface area contributed by atoms with Crippen LogP contribution >= 0.6 is 0 Å². The molecule has 7 heteroatoms. The Hall–Kier alpha value is -2.18. The van der Waals surface area contributed by atoms with Crippen LogP contribution in [0.5, 0.6) is 0 Å². The molecule has 1 unspecified atom stereocenters. The zero-order valence-electron chi connectivity index (χ0n) is 11.6. The fraction of sp³-hybridized carbons (Fsp3) is 0.462. The highest BCUT2D eigenvalue weighted by Crippen LogP contribution is 2.14. The molecule has 1 atom stereocenters. The molecule has 0 fully saturated rings. The van der Waals surface area contributed by atoms with Gasteiger partial charge in [-0.25, -0.2) is 14.2 Å². The molecule has 0 radical (unpaired) electrons. The summed E-state index contributed by atoms with van der Waals surface area (Å²) in [5, 5.41) is 14.4. The highest BCUT2D eigenvalue weighted by atomic mass is 19.1. The van der Waals surface area contributed by atoms with Crippen molar-refractivity contribution >= 4 is 17.7 Å². The number of nitrogens with zero attached hydrogens (tertiary/aromatic N) is 1. The highest BCUT2D eigenvalue weighted by molar-refractivity contribution is 5.94. The van der Waals surface area contributed by atoms with Gasteiger partial charge in [0.2, 0.25) is 5.91 Å². The Morgan fingerprint density at radius 2 is 2.05 bits per heavy atom.